The highest BCUT2D eigenvalue weighted by molar-refractivity contribution is 6.00. The van der Waals surface area contributed by atoms with Gasteiger partial charge in [0.15, 0.2) is 0 Å². The van der Waals surface area contributed by atoms with E-state index in [9.17, 15) is 14.4 Å². The fraction of sp³-hybridized carbons (Fsp3) is 0.464. The molecule has 3 amide bonds. The number of amides is 3. The van der Waals surface area contributed by atoms with Crippen LogP contribution in [0.5, 0.6) is 5.75 Å². The van der Waals surface area contributed by atoms with Gasteiger partial charge in [-0.15, -0.1) is 0 Å². The van der Waals surface area contributed by atoms with Crippen molar-refractivity contribution in [3.63, 3.8) is 0 Å². The Morgan fingerprint density at radius 2 is 1.81 bits per heavy atom. The number of nitrogens with one attached hydrogen (secondary N) is 2. The second-order valence-corrected chi connectivity index (χ2v) is 9.79. The van der Waals surface area contributed by atoms with Gasteiger partial charge in [-0.3, -0.25) is 4.79 Å². The van der Waals surface area contributed by atoms with Gasteiger partial charge in [0.05, 0.1) is 12.3 Å². The molecule has 4 rings (SSSR count). The molecule has 1 fully saturated rings. The standard InChI is InChI=1S/C28H35N3O6/c1-3-36-25-11-4-18(2)14-24(25)30-27(34)29-22-8-7-21-17-31(13-12-20(21)16-22)28(35)37-23-9-5-19(6-10-23)15-26(32)33/h4,7-8,11,14,16,19,23H,3,5-6,9-10,12-13,15,17H2,1-2H3,(H,32,33)(H2,29,30,34). The topological polar surface area (TPSA) is 117 Å². The molecule has 2 aliphatic rings. The summed E-state index contributed by atoms with van der Waals surface area (Å²) in [5, 5.41) is 14.7. The van der Waals surface area contributed by atoms with Crippen LogP contribution in [0.2, 0.25) is 0 Å². The van der Waals surface area contributed by atoms with Crippen LogP contribution in [0.4, 0.5) is 21.0 Å². The van der Waals surface area contributed by atoms with Gasteiger partial charge in [-0.05, 0) is 92.8 Å². The minimum absolute atomic E-state index is 0.152. The van der Waals surface area contributed by atoms with E-state index in [1.165, 1.54) is 0 Å². The first kappa shape index (κ1) is 26.3. The van der Waals surface area contributed by atoms with Gasteiger partial charge < -0.3 is 30.1 Å². The second kappa shape index (κ2) is 12.0. The molecule has 0 saturated heterocycles. The Kier molecular flexibility index (Phi) is 8.53. The number of rotatable bonds is 7. The first-order valence-electron chi connectivity index (χ1n) is 12.9. The molecule has 0 bridgehead atoms. The van der Waals surface area contributed by atoms with Crippen molar-refractivity contribution in [3.05, 3.63) is 53.1 Å². The van der Waals surface area contributed by atoms with Gasteiger partial charge in [-0.2, -0.15) is 0 Å². The summed E-state index contributed by atoms with van der Waals surface area (Å²) in [6.07, 6.45) is 3.33. The summed E-state index contributed by atoms with van der Waals surface area (Å²) in [5.74, 6) is 0.0186. The van der Waals surface area contributed by atoms with Crippen molar-refractivity contribution in [2.45, 2.75) is 65.0 Å². The summed E-state index contributed by atoms with van der Waals surface area (Å²) in [7, 11) is 0. The third kappa shape index (κ3) is 7.15. The van der Waals surface area contributed by atoms with E-state index in [0.717, 1.165) is 29.5 Å². The van der Waals surface area contributed by atoms with Gasteiger partial charge in [-0.25, -0.2) is 9.59 Å². The molecule has 1 aliphatic heterocycles. The zero-order valence-corrected chi connectivity index (χ0v) is 21.4. The highest BCUT2D eigenvalue weighted by Crippen LogP contribution is 2.30. The molecule has 0 radical (unpaired) electrons. The van der Waals surface area contributed by atoms with Crippen molar-refractivity contribution in [1.82, 2.24) is 4.90 Å². The molecular formula is C28H35N3O6. The first-order valence-corrected chi connectivity index (χ1v) is 12.9. The van der Waals surface area contributed by atoms with Crippen LogP contribution in [-0.4, -0.2) is 47.4 Å². The van der Waals surface area contributed by atoms with Crippen molar-refractivity contribution >= 4 is 29.5 Å². The largest absolute Gasteiger partial charge is 0.492 e. The van der Waals surface area contributed by atoms with Crippen LogP contribution in [0.3, 0.4) is 0 Å². The average molecular weight is 510 g/mol. The molecule has 198 valence electrons. The highest BCUT2D eigenvalue weighted by atomic mass is 16.6. The zero-order chi connectivity index (χ0) is 26.4. The van der Waals surface area contributed by atoms with Crippen molar-refractivity contribution in [2.75, 3.05) is 23.8 Å². The summed E-state index contributed by atoms with van der Waals surface area (Å²) in [6.45, 7) is 5.34. The monoisotopic (exact) mass is 509 g/mol. The van der Waals surface area contributed by atoms with Gasteiger partial charge in [0.2, 0.25) is 0 Å². The van der Waals surface area contributed by atoms with Crippen LogP contribution in [0, 0.1) is 12.8 Å². The van der Waals surface area contributed by atoms with E-state index < -0.39 is 5.97 Å². The lowest BCUT2D eigenvalue weighted by molar-refractivity contribution is -0.138. The summed E-state index contributed by atoms with van der Waals surface area (Å²) in [4.78, 5) is 38.0. The van der Waals surface area contributed by atoms with Crippen LogP contribution >= 0.6 is 0 Å². The van der Waals surface area contributed by atoms with E-state index in [4.69, 9.17) is 14.6 Å². The number of carboxylic acids is 1. The Labute approximate surface area is 217 Å². The normalized spacial score (nSPS) is 18.9. The number of hydrogen-bond donors (Lipinski definition) is 3. The molecule has 1 heterocycles. The average Bonchev–Trinajstić information content (AvgIpc) is 2.86. The van der Waals surface area contributed by atoms with Crippen molar-refractivity contribution in [2.24, 2.45) is 5.92 Å². The maximum Gasteiger partial charge on any atom is 0.410 e. The van der Waals surface area contributed by atoms with Gasteiger partial charge >= 0.3 is 18.1 Å². The Morgan fingerprint density at radius 3 is 2.54 bits per heavy atom. The van der Waals surface area contributed by atoms with Crippen LogP contribution in [-0.2, 0) is 22.5 Å². The number of nitrogens with zero attached hydrogens (tertiary/aromatic N) is 1. The number of carbonyl (C=O) groups excluding carboxylic acids is 2. The van der Waals surface area contributed by atoms with E-state index in [1.807, 2.05) is 50.2 Å². The molecule has 0 unspecified atom stereocenters. The smallest absolute Gasteiger partial charge is 0.410 e. The van der Waals surface area contributed by atoms with Gasteiger partial charge in [-0.1, -0.05) is 12.1 Å². The molecule has 0 spiro atoms. The number of hydrogen-bond acceptors (Lipinski definition) is 5. The molecule has 2 aromatic rings. The van der Waals surface area contributed by atoms with Crippen molar-refractivity contribution < 1.29 is 29.0 Å². The number of urea groups is 1. The first-order chi connectivity index (χ1) is 17.8. The Morgan fingerprint density at radius 1 is 1.03 bits per heavy atom. The molecule has 1 aliphatic carbocycles. The number of fused-ring (bicyclic) bond motifs is 1. The highest BCUT2D eigenvalue weighted by Gasteiger charge is 2.28. The number of carbonyl (C=O) groups is 3. The molecule has 9 heteroatoms. The third-order valence-electron chi connectivity index (χ3n) is 6.94. The fourth-order valence-corrected chi connectivity index (χ4v) is 5.01. The summed E-state index contributed by atoms with van der Waals surface area (Å²) in [5.41, 5.74) is 4.41. The number of aliphatic carboxylic acids is 1. The number of aryl methyl sites for hydroxylation is 1. The SMILES string of the molecule is CCOc1ccc(C)cc1NC(=O)Nc1ccc2c(c1)CCN(C(=O)OC1CCC(CC(=O)O)CC1)C2. The van der Waals surface area contributed by atoms with E-state index in [1.54, 1.807) is 4.90 Å². The molecule has 0 atom stereocenters. The number of carboxylic acid groups (broad SMARTS) is 1. The Balaban J connectivity index is 1.29. The molecule has 9 nitrogen and oxygen atoms in total. The molecule has 1 saturated carbocycles. The van der Waals surface area contributed by atoms with Crippen LogP contribution in [0.15, 0.2) is 36.4 Å². The summed E-state index contributed by atoms with van der Waals surface area (Å²) < 4.78 is 11.3. The lowest BCUT2D eigenvalue weighted by atomic mass is 9.85. The predicted octanol–water partition coefficient (Wildman–Crippen LogP) is 5.57. The number of anilines is 2. The summed E-state index contributed by atoms with van der Waals surface area (Å²) >= 11 is 0. The minimum Gasteiger partial charge on any atom is -0.492 e. The van der Waals surface area contributed by atoms with Crippen molar-refractivity contribution in [3.8, 4) is 5.75 Å². The Bertz CT molecular complexity index is 1140. The molecule has 2 aromatic carbocycles. The zero-order valence-electron chi connectivity index (χ0n) is 21.4. The third-order valence-corrected chi connectivity index (χ3v) is 6.94. The maximum atomic E-state index is 12.8. The molecular weight excluding hydrogens is 474 g/mol. The predicted molar refractivity (Wildman–Crippen MR) is 140 cm³/mol. The van der Waals surface area contributed by atoms with E-state index in [0.29, 0.717) is 56.1 Å². The fourth-order valence-electron chi connectivity index (χ4n) is 5.01. The minimum atomic E-state index is -0.770. The molecule has 0 aromatic heterocycles. The molecule has 3 N–H and O–H groups in total. The lowest BCUT2D eigenvalue weighted by Crippen LogP contribution is -2.39. The Hall–Kier alpha value is -3.75. The number of benzene rings is 2. The van der Waals surface area contributed by atoms with E-state index >= 15 is 0 Å². The van der Waals surface area contributed by atoms with E-state index in [-0.39, 0.29) is 30.6 Å². The quantitative estimate of drug-likeness (QED) is 0.449. The van der Waals surface area contributed by atoms with Gasteiger partial charge in [0.25, 0.3) is 0 Å². The van der Waals surface area contributed by atoms with Gasteiger partial charge in [0.1, 0.15) is 11.9 Å². The van der Waals surface area contributed by atoms with Crippen LogP contribution < -0.4 is 15.4 Å². The second-order valence-electron chi connectivity index (χ2n) is 9.79. The lowest BCUT2D eigenvalue weighted by Gasteiger charge is -2.32. The van der Waals surface area contributed by atoms with Crippen LogP contribution in [0.25, 0.3) is 0 Å². The molecule has 37 heavy (non-hydrogen) atoms. The summed E-state index contributed by atoms with van der Waals surface area (Å²) in [6, 6.07) is 11.0. The number of ether oxygens (including phenoxy) is 2. The van der Waals surface area contributed by atoms with E-state index in [2.05, 4.69) is 10.6 Å². The van der Waals surface area contributed by atoms with Crippen molar-refractivity contribution in [1.29, 1.82) is 0 Å². The van der Waals surface area contributed by atoms with Gasteiger partial charge in [0, 0.05) is 25.2 Å². The van der Waals surface area contributed by atoms with Crippen LogP contribution in [0.1, 0.15) is 55.7 Å². The maximum absolute atomic E-state index is 12.8.